The number of carbonyl (C=O) groups excluding carboxylic acids is 1. The maximum absolute atomic E-state index is 13.1. The summed E-state index contributed by atoms with van der Waals surface area (Å²) in [5, 5.41) is 12.3. The predicted octanol–water partition coefficient (Wildman–Crippen LogP) is 1.23. The van der Waals surface area contributed by atoms with Crippen molar-refractivity contribution in [3.8, 4) is 0 Å². The highest BCUT2D eigenvalue weighted by molar-refractivity contribution is 6.06. The Morgan fingerprint density at radius 3 is 2.19 bits per heavy atom. The molecule has 2 fully saturated rings. The number of hydrogen-bond acceptors (Lipinski definition) is 4. The van der Waals surface area contributed by atoms with Gasteiger partial charge in [0.1, 0.15) is 5.41 Å². The van der Waals surface area contributed by atoms with E-state index in [-0.39, 0.29) is 11.7 Å². The zero-order valence-electron chi connectivity index (χ0n) is 13.4. The van der Waals surface area contributed by atoms with Crippen molar-refractivity contribution in [2.45, 2.75) is 58.0 Å². The minimum absolute atomic E-state index is 0.0456. The SMILES string of the molecule is CC1CN(C(=O)C2(C(N)=NO)CCCCC2)CC(C)N1C. The summed E-state index contributed by atoms with van der Waals surface area (Å²) >= 11 is 0. The summed E-state index contributed by atoms with van der Waals surface area (Å²) in [5.41, 5.74) is 5.14. The van der Waals surface area contributed by atoms with Crippen molar-refractivity contribution in [3.05, 3.63) is 0 Å². The van der Waals surface area contributed by atoms with Crippen LogP contribution in [0.3, 0.4) is 0 Å². The van der Waals surface area contributed by atoms with Gasteiger partial charge < -0.3 is 15.8 Å². The van der Waals surface area contributed by atoms with Crippen LogP contribution in [0.1, 0.15) is 46.0 Å². The molecule has 2 atom stereocenters. The van der Waals surface area contributed by atoms with Crippen LogP contribution in [0, 0.1) is 5.41 Å². The van der Waals surface area contributed by atoms with Crippen LogP contribution < -0.4 is 5.73 Å². The summed E-state index contributed by atoms with van der Waals surface area (Å²) in [7, 11) is 2.09. The molecule has 6 heteroatoms. The number of hydrogen-bond donors (Lipinski definition) is 2. The molecule has 1 heterocycles. The van der Waals surface area contributed by atoms with Crippen LogP contribution in [-0.4, -0.2) is 59.0 Å². The van der Waals surface area contributed by atoms with Crippen molar-refractivity contribution >= 4 is 11.7 Å². The lowest BCUT2D eigenvalue weighted by Gasteiger charge is -2.46. The maximum atomic E-state index is 13.1. The van der Waals surface area contributed by atoms with Gasteiger partial charge in [-0.15, -0.1) is 0 Å². The van der Waals surface area contributed by atoms with Gasteiger partial charge >= 0.3 is 0 Å². The standard InChI is InChI=1S/C15H28N4O2/c1-11-9-19(10-12(2)18(11)3)14(20)15(13(16)17-21)7-5-4-6-8-15/h11-12,21H,4-10H2,1-3H3,(H2,16,17). The number of nitrogens with two attached hydrogens (primary N) is 1. The first kappa shape index (κ1) is 16.1. The van der Waals surface area contributed by atoms with E-state index >= 15 is 0 Å². The van der Waals surface area contributed by atoms with Gasteiger partial charge in [0, 0.05) is 25.2 Å². The van der Waals surface area contributed by atoms with Gasteiger partial charge in [0.05, 0.1) is 0 Å². The molecule has 1 saturated heterocycles. The molecule has 120 valence electrons. The van der Waals surface area contributed by atoms with Gasteiger partial charge in [-0.2, -0.15) is 0 Å². The predicted molar refractivity (Wildman–Crippen MR) is 82.2 cm³/mol. The van der Waals surface area contributed by atoms with Crippen LogP contribution in [-0.2, 0) is 4.79 Å². The van der Waals surface area contributed by atoms with Crippen molar-refractivity contribution in [1.29, 1.82) is 0 Å². The lowest BCUT2D eigenvalue weighted by atomic mass is 9.71. The molecule has 0 aromatic carbocycles. The molecule has 1 saturated carbocycles. The molecular formula is C15H28N4O2. The molecule has 2 rings (SSSR count). The highest BCUT2D eigenvalue weighted by Crippen LogP contribution is 2.39. The lowest BCUT2D eigenvalue weighted by molar-refractivity contribution is -0.144. The minimum atomic E-state index is -0.789. The first-order chi connectivity index (χ1) is 9.92. The third kappa shape index (κ3) is 2.86. The second-order valence-electron chi connectivity index (χ2n) is 6.70. The summed E-state index contributed by atoms with van der Waals surface area (Å²) in [5.74, 6) is 0.135. The molecule has 0 aromatic rings. The van der Waals surface area contributed by atoms with E-state index in [0.29, 0.717) is 38.0 Å². The average molecular weight is 296 g/mol. The van der Waals surface area contributed by atoms with E-state index in [1.54, 1.807) is 0 Å². The number of nitrogens with zero attached hydrogens (tertiary/aromatic N) is 3. The summed E-state index contributed by atoms with van der Waals surface area (Å²) < 4.78 is 0. The quantitative estimate of drug-likeness (QED) is 0.347. The van der Waals surface area contributed by atoms with Crippen molar-refractivity contribution in [2.75, 3.05) is 20.1 Å². The molecule has 3 N–H and O–H groups in total. The molecule has 21 heavy (non-hydrogen) atoms. The number of rotatable bonds is 2. The van der Waals surface area contributed by atoms with E-state index in [9.17, 15) is 4.79 Å². The molecule has 0 radical (unpaired) electrons. The van der Waals surface area contributed by atoms with Gasteiger partial charge in [-0.25, -0.2) is 0 Å². The Labute approximate surface area is 127 Å². The molecule has 0 aromatic heterocycles. The topological polar surface area (TPSA) is 82.2 Å². The van der Waals surface area contributed by atoms with E-state index in [4.69, 9.17) is 10.9 Å². The van der Waals surface area contributed by atoms with Crippen LogP contribution in [0.15, 0.2) is 5.16 Å². The molecule has 2 aliphatic rings. The third-order valence-electron chi connectivity index (χ3n) is 5.36. The van der Waals surface area contributed by atoms with Crippen LogP contribution in [0.5, 0.6) is 0 Å². The van der Waals surface area contributed by atoms with E-state index in [0.717, 1.165) is 19.3 Å². The fourth-order valence-electron chi connectivity index (χ4n) is 3.70. The summed E-state index contributed by atoms with van der Waals surface area (Å²) in [6.07, 6.45) is 4.42. The van der Waals surface area contributed by atoms with Crippen molar-refractivity contribution in [2.24, 2.45) is 16.3 Å². The Hall–Kier alpha value is -1.30. The van der Waals surface area contributed by atoms with Gasteiger partial charge in [-0.1, -0.05) is 24.4 Å². The molecule has 0 bridgehead atoms. The zero-order chi connectivity index (χ0) is 15.6. The Balaban J connectivity index is 2.23. The van der Waals surface area contributed by atoms with Crippen molar-refractivity contribution in [3.63, 3.8) is 0 Å². The summed E-state index contributed by atoms with van der Waals surface area (Å²) in [6.45, 7) is 5.68. The second kappa shape index (κ2) is 6.22. The van der Waals surface area contributed by atoms with Crippen LogP contribution >= 0.6 is 0 Å². The number of carbonyl (C=O) groups is 1. The zero-order valence-corrected chi connectivity index (χ0v) is 13.4. The molecule has 1 aliphatic carbocycles. The van der Waals surface area contributed by atoms with Gasteiger partial charge in [-0.3, -0.25) is 9.69 Å². The molecule has 6 nitrogen and oxygen atoms in total. The monoisotopic (exact) mass is 296 g/mol. The normalized spacial score (nSPS) is 31.2. The van der Waals surface area contributed by atoms with E-state index < -0.39 is 5.41 Å². The molecule has 1 aliphatic heterocycles. The highest BCUT2D eigenvalue weighted by atomic mass is 16.4. The third-order valence-corrected chi connectivity index (χ3v) is 5.36. The Morgan fingerprint density at radius 2 is 1.71 bits per heavy atom. The van der Waals surface area contributed by atoms with E-state index in [1.165, 1.54) is 0 Å². The summed E-state index contributed by atoms with van der Waals surface area (Å²) in [4.78, 5) is 17.3. The van der Waals surface area contributed by atoms with Crippen LogP contribution in [0.2, 0.25) is 0 Å². The molecular weight excluding hydrogens is 268 g/mol. The molecule has 2 unspecified atom stereocenters. The average Bonchev–Trinajstić information content (AvgIpc) is 2.51. The smallest absolute Gasteiger partial charge is 0.236 e. The first-order valence-electron chi connectivity index (χ1n) is 7.91. The minimum Gasteiger partial charge on any atom is -0.409 e. The van der Waals surface area contributed by atoms with Gasteiger partial charge in [0.25, 0.3) is 0 Å². The Kier molecular flexibility index (Phi) is 4.76. The number of piperazine rings is 1. The van der Waals surface area contributed by atoms with Gasteiger partial charge in [0.15, 0.2) is 5.84 Å². The maximum Gasteiger partial charge on any atom is 0.236 e. The fraction of sp³-hybridized carbons (Fsp3) is 0.867. The highest BCUT2D eigenvalue weighted by Gasteiger charge is 2.47. The Morgan fingerprint density at radius 1 is 1.19 bits per heavy atom. The Bertz CT molecular complexity index is 406. The second-order valence-corrected chi connectivity index (χ2v) is 6.70. The van der Waals surface area contributed by atoms with Crippen molar-refractivity contribution in [1.82, 2.24) is 9.80 Å². The number of amides is 1. The van der Waals surface area contributed by atoms with Gasteiger partial charge in [0.2, 0.25) is 5.91 Å². The number of oxime groups is 1. The first-order valence-corrected chi connectivity index (χ1v) is 7.91. The number of amidine groups is 1. The largest absolute Gasteiger partial charge is 0.409 e. The van der Waals surface area contributed by atoms with E-state index in [1.807, 2.05) is 4.90 Å². The van der Waals surface area contributed by atoms with E-state index in [2.05, 4.69) is 31.0 Å². The van der Waals surface area contributed by atoms with Gasteiger partial charge in [-0.05, 0) is 33.7 Å². The number of likely N-dealkylation sites (N-methyl/N-ethyl adjacent to an activating group) is 1. The molecule has 1 amide bonds. The van der Waals surface area contributed by atoms with Crippen molar-refractivity contribution < 1.29 is 10.0 Å². The summed E-state index contributed by atoms with van der Waals surface area (Å²) in [6, 6.07) is 0.649. The van der Waals surface area contributed by atoms with Crippen LogP contribution in [0.25, 0.3) is 0 Å². The molecule has 0 spiro atoms. The lowest BCUT2D eigenvalue weighted by Crippen LogP contribution is -2.61. The van der Waals surface area contributed by atoms with Crippen LogP contribution in [0.4, 0.5) is 0 Å². The fourth-order valence-corrected chi connectivity index (χ4v) is 3.70.